The molecule has 0 radical (unpaired) electrons. The van der Waals surface area contributed by atoms with Crippen molar-refractivity contribution in [1.29, 1.82) is 0 Å². The summed E-state index contributed by atoms with van der Waals surface area (Å²) in [6, 6.07) is 79.9. The van der Waals surface area contributed by atoms with Gasteiger partial charge in [-0.3, -0.25) is 0 Å². The molecule has 0 atom stereocenters. The monoisotopic (exact) mass is 736 g/mol. The smallest absolute Gasteiger partial charge is 0.0726 e. The van der Waals surface area contributed by atoms with E-state index >= 15 is 0 Å². The highest BCUT2D eigenvalue weighted by Crippen LogP contribution is 2.63. The van der Waals surface area contributed by atoms with Crippen LogP contribution in [0.5, 0.6) is 0 Å². The minimum absolute atomic E-state index is 0.423. The zero-order valence-electron chi connectivity index (χ0n) is 31.7. The van der Waals surface area contributed by atoms with Crippen molar-refractivity contribution in [3.05, 3.63) is 241 Å². The molecule has 1 aromatic heterocycles. The van der Waals surface area contributed by atoms with Crippen LogP contribution in [-0.4, -0.2) is 4.98 Å². The van der Waals surface area contributed by atoms with Crippen molar-refractivity contribution in [2.45, 2.75) is 5.41 Å². The fourth-order valence-electron chi connectivity index (χ4n) is 9.97. The van der Waals surface area contributed by atoms with Crippen molar-refractivity contribution in [1.82, 2.24) is 4.98 Å². The SMILES string of the molecule is c1ccc(N(c2cccc(-c3cc(-c4ccc5ccccc5c4)c4ccccc4n3)c2)c2ccc3c(c2)C2(c4ccccc4-c4ccccc42)c2ccccc2-3)cc1. The highest BCUT2D eigenvalue weighted by molar-refractivity contribution is 6.00. The predicted molar refractivity (Wildman–Crippen MR) is 241 cm³/mol. The molecule has 0 aliphatic heterocycles. The Morgan fingerprint density at radius 2 is 0.914 bits per heavy atom. The summed E-state index contributed by atoms with van der Waals surface area (Å²) >= 11 is 0. The fourth-order valence-corrected chi connectivity index (χ4v) is 9.97. The lowest BCUT2D eigenvalue weighted by molar-refractivity contribution is 0.793. The van der Waals surface area contributed by atoms with Crippen LogP contribution in [0, 0.1) is 0 Å². The molecular formula is C56H36N2. The van der Waals surface area contributed by atoms with E-state index < -0.39 is 5.41 Å². The number of nitrogens with zero attached hydrogens (tertiary/aromatic N) is 2. The summed E-state index contributed by atoms with van der Waals surface area (Å²) in [5.74, 6) is 0. The lowest BCUT2D eigenvalue weighted by Gasteiger charge is -2.32. The third kappa shape index (κ3) is 4.76. The third-order valence-corrected chi connectivity index (χ3v) is 12.4. The van der Waals surface area contributed by atoms with E-state index in [1.807, 2.05) is 0 Å². The van der Waals surface area contributed by atoms with Crippen molar-refractivity contribution in [3.63, 3.8) is 0 Å². The number of hydrogen-bond donors (Lipinski definition) is 0. The fraction of sp³-hybridized carbons (Fsp3) is 0.0179. The van der Waals surface area contributed by atoms with E-state index in [9.17, 15) is 0 Å². The van der Waals surface area contributed by atoms with Gasteiger partial charge >= 0.3 is 0 Å². The molecule has 9 aromatic carbocycles. The van der Waals surface area contributed by atoms with Gasteiger partial charge in [0, 0.05) is 28.0 Å². The van der Waals surface area contributed by atoms with Crippen molar-refractivity contribution in [3.8, 4) is 44.6 Å². The van der Waals surface area contributed by atoms with Gasteiger partial charge in [0.15, 0.2) is 0 Å². The Hall–Kier alpha value is -7.55. The number of para-hydroxylation sites is 2. The number of benzene rings is 9. The molecule has 0 saturated carbocycles. The second-order valence-corrected chi connectivity index (χ2v) is 15.5. The first-order valence-electron chi connectivity index (χ1n) is 20.0. The maximum atomic E-state index is 5.28. The molecule has 0 saturated heterocycles. The second kappa shape index (κ2) is 12.7. The van der Waals surface area contributed by atoms with Gasteiger partial charge in [0.25, 0.3) is 0 Å². The van der Waals surface area contributed by atoms with Gasteiger partial charge in [-0.15, -0.1) is 0 Å². The molecule has 0 unspecified atom stereocenters. The molecule has 12 rings (SSSR count). The Kier molecular flexibility index (Phi) is 7.18. The first-order chi connectivity index (χ1) is 28.8. The number of hydrogen-bond acceptors (Lipinski definition) is 2. The second-order valence-electron chi connectivity index (χ2n) is 15.5. The molecule has 2 aliphatic carbocycles. The molecule has 0 bridgehead atoms. The lowest BCUT2D eigenvalue weighted by Crippen LogP contribution is -2.26. The summed E-state index contributed by atoms with van der Waals surface area (Å²) in [5, 5.41) is 3.61. The van der Waals surface area contributed by atoms with Gasteiger partial charge in [0.05, 0.1) is 16.6 Å². The average Bonchev–Trinajstić information content (AvgIpc) is 3.76. The van der Waals surface area contributed by atoms with E-state index in [-0.39, 0.29) is 0 Å². The molecule has 0 fully saturated rings. The molecule has 1 spiro atoms. The summed E-state index contributed by atoms with van der Waals surface area (Å²) in [6.07, 6.45) is 0. The normalized spacial score (nSPS) is 13.0. The number of anilines is 3. The minimum Gasteiger partial charge on any atom is -0.310 e. The first-order valence-corrected chi connectivity index (χ1v) is 20.0. The zero-order valence-corrected chi connectivity index (χ0v) is 31.7. The van der Waals surface area contributed by atoms with Gasteiger partial charge < -0.3 is 4.90 Å². The molecular weight excluding hydrogens is 701 g/mol. The van der Waals surface area contributed by atoms with Crippen LogP contribution in [0.15, 0.2) is 218 Å². The summed E-state index contributed by atoms with van der Waals surface area (Å²) in [7, 11) is 0. The maximum absolute atomic E-state index is 5.28. The molecule has 1 heterocycles. The average molecular weight is 737 g/mol. The van der Waals surface area contributed by atoms with E-state index in [4.69, 9.17) is 4.98 Å². The predicted octanol–water partition coefficient (Wildman–Crippen LogP) is 14.5. The molecule has 10 aromatic rings. The molecule has 270 valence electrons. The van der Waals surface area contributed by atoms with E-state index in [1.165, 1.54) is 66.4 Å². The van der Waals surface area contributed by atoms with Crippen LogP contribution < -0.4 is 4.90 Å². The summed E-state index contributed by atoms with van der Waals surface area (Å²) < 4.78 is 0. The van der Waals surface area contributed by atoms with Gasteiger partial charge in [0.1, 0.15) is 0 Å². The van der Waals surface area contributed by atoms with Crippen LogP contribution in [0.25, 0.3) is 66.3 Å². The number of pyridine rings is 1. The third-order valence-electron chi connectivity index (χ3n) is 12.4. The quantitative estimate of drug-likeness (QED) is 0.175. The van der Waals surface area contributed by atoms with Crippen molar-refractivity contribution in [2.75, 3.05) is 4.90 Å². The standard InChI is InChI=1S/C56H36N2/c1-2-18-41(19-3-1)58(42-20-14-17-40(34-42)55-36-49(48-24-9-13-28-54(48)57-55)39-30-29-37-15-4-5-16-38(37)33-39)43-31-32-47-46-23-8-12-27-52(46)56(53(47)35-43)50-25-10-6-21-44(50)45-22-7-11-26-51(45)56/h1-36H. The largest absolute Gasteiger partial charge is 0.310 e. The van der Waals surface area contributed by atoms with E-state index in [1.54, 1.807) is 0 Å². The Labute approximate surface area is 338 Å². The Morgan fingerprint density at radius 1 is 0.328 bits per heavy atom. The van der Waals surface area contributed by atoms with Gasteiger partial charge in [-0.05, 0) is 121 Å². The lowest BCUT2D eigenvalue weighted by atomic mass is 9.70. The number of aromatic nitrogens is 1. The Balaban J connectivity index is 1.05. The topological polar surface area (TPSA) is 16.1 Å². The Morgan fingerprint density at radius 3 is 1.66 bits per heavy atom. The molecule has 0 amide bonds. The summed E-state index contributed by atoms with van der Waals surface area (Å²) in [4.78, 5) is 7.68. The van der Waals surface area contributed by atoms with Gasteiger partial charge in [-0.2, -0.15) is 0 Å². The highest BCUT2D eigenvalue weighted by atomic mass is 15.1. The van der Waals surface area contributed by atoms with Crippen LogP contribution in [-0.2, 0) is 5.41 Å². The van der Waals surface area contributed by atoms with Crippen molar-refractivity contribution >= 4 is 38.7 Å². The first kappa shape index (κ1) is 32.7. The summed E-state index contributed by atoms with van der Waals surface area (Å²) in [5.41, 5.74) is 18.8. The highest BCUT2D eigenvalue weighted by Gasteiger charge is 2.51. The maximum Gasteiger partial charge on any atom is 0.0726 e. The minimum atomic E-state index is -0.423. The Bertz CT molecular complexity index is 3190. The summed E-state index contributed by atoms with van der Waals surface area (Å²) in [6.45, 7) is 0. The van der Waals surface area contributed by atoms with Gasteiger partial charge in [-0.1, -0.05) is 164 Å². The van der Waals surface area contributed by atoms with Crippen LogP contribution in [0.3, 0.4) is 0 Å². The molecule has 58 heavy (non-hydrogen) atoms. The van der Waals surface area contributed by atoms with Crippen LogP contribution in [0.1, 0.15) is 22.3 Å². The van der Waals surface area contributed by atoms with Crippen LogP contribution >= 0.6 is 0 Å². The van der Waals surface area contributed by atoms with E-state index in [2.05, 4.69) is 223 Å². The van der Waals surface area contributed by atoms with Crippen molar-refractivity contribution in [2.24, 2.45) is 0 Å². The number of rotatable bonds is 5. The molecule has 2 aliphatic rings. The zero-order chi connectivity index (χ0) is 38.2. The van der Waals surface area contributed by atoms with Crippen LogP contribution in [0.2, 0.25) is 0 Å². The number of fused-ring (bicyclic) bond motifs is 12. The van der Waals surface area contributed by atoms with E-state index in [0.717, 1.165) is 39.2 Å². The van der Waals surface area contributed by atoms with Crippen molar-refractivity contribution < 1.29 is 0 Å². The van der Waals surface area contributed by atoms with Gasteiger partial charge in [-0.25, -0.2) is 4.98 Å². The molecule has 2 nitrogen and oxygen atoms in total. The molecule has 2 heteroatoms. The molecule has 0 N–H and O–H groups in total. The van der Waals surface area contributed by atoms with Crippen LogP contribution in [0.4, 0.5) is 17.1 Å². The van der Waals surface area contributed by atoms with Gasteiger partial charge in [0.2, 0.25) is 0 Å². The van der Waals surface area contributed by atoms with E-state index in [0.29, 0.717) is 0 Å².